The van der Waals surface area contributed by atoms with Crippen LogP contribution in [0.1, 0.15) is 35.3 Å². The van der Waals surface area contributed by atoms with Crippen molar-refractivity contribution in [3.05, 3.63) is 83.6 Å². The fraction of sp³-hybridized carbons (Fsp3) is 0.333. The number of hydrogen-bond donors (Lipinski definition) is 1. The molecule has 0 fully saturated rings. The van der Waals surface area contributed by atoms with Crippen LogP contribution < -0.4 is 9.47 Å². The van der Waals surface area contributed by atoms with Gasteiger partial charge in [0, 0.05) is 25.7 Å². The number of hydrogen-bond acceptors (Lipinski definition) is 7. The minimum absolute atomic E-state index is 0.0296. The number of nitrogens with zero attached hydrogens (tertiary/aromatic N) is 3. The molecule has 1 N–H and O–H groups in total. The average Bonchev–Trinajstić information content (AvgIpc) is 2.98. The number of fused-ring (bicyclic) bond motifs is 1. The average molecular weight is 566 g/mol. The normalized spacial score (nSPS) is 18.6. The molecule has 1 amide bonds. The number of benzene rings is 2. The standard InChI is InChI=1S/C30H35N3O6S/c1-21-18-33(22(2)20-34)30(35)27-16-24(11-10-23-8-6-5-7-9-23)17-31-29(27)39-28(21)19-32(3)40(36,37)26-14-12-25(38-4)13-15-26/h5-17,21-22,28,34H,18-20H2,1-4H3/t21-,22+,28+/m0/s1. The van der Waals surface area contributed by atoms with Crippen molar-refractivity contribution >= 4 is 28.1 Å². The van der Waals surface area contributed by atoms with Gasteiger partial charge in [-0.3, -0.25) is 4.79 Å². The van der Waals surface area contributed by atoms with Crippen LogP contribution in [0.15, 0.2) is 71.8 Å². The molecule has 2 aromatic carbocycles. The summed E-state index contributed by atoms with van der Waals surface area (Å²) in [5, 5.41) is 9.90. The highest BCUT2D eigenvalue weighted by atomic mass is 32.2. The van der Waals surface area contributed by atoms with Gasteiger partial charge in [-0.2, -0.15) is 4.31 Å². The predicted molar refractivity (Wildman–Crippen MR) is 154 cm³/mol. The van der Waals surface area contributed by atoms with Crippen LogP contribution >= 0.6 is 0 Å². The van der Waals surface area contributed by atoms with Crippen LogP contribution in [0.4, 0.5) is 0 Å². The maximum atomic E-state index is 13.6. The first kappa shape index (κ1) is 29.3. The molecule has 1 aromatic heterocycles. The fourth-order valence-corrected chi connectivity index (χ4v) is 5.65. The van der Waals surface area contributed by atoms with E-state index in [0.29, 0.717) is 11.3 Å². The summed E-state index contributed by atoms with van der Waals surface area (Å²) in [7, 11) is -0.807. The third-order valence-corrected chi connectivity index (χ3v) is 8.85. The Balaban J connectivity index is 1.65. The number of carbonyl (C=O) groups is 1. The summed E-state index contributed by atoms with van der Waals surface area (Å²) in [4.78, 5) is 19.8. The molecule has 40 heavy (non-hydrogen) atoms. The Morgan fingerprint density at radius 3 is 2.48 bits per heavy atom. The van der Waals surface area contributed by atoms with E-state index in [1.54, 1.807) is 36.2 Å². The lowest BCUT2D eigenvalue weighted by molar-refractivity contribution is 0.0373. The van der Waals surface area contributed by atoms with Crippen LogP contribution in [0.3, 0.4) is 0 Å². The van der Waals surface area contributed by atoms with Crippen molar-refractivity contribution in [1.29, 1.82) is 0 Å². The summed E-state index contributed by atoms with van der Waals surface area (Å²) in [6.07, 6.45) is 4.79. The van der Waals surface area contributed by atoms with E-state index in [-0.39, 0.29) is 47.9 Å². The molecule has 2 heterocycles. The van der Waals surface area contributed by atoms with Crippen molar-refractivity contribution in [2.24, 2.45) is 5.92 Å². The number of carbonyl (C=O) groups excluding carboxylic acids is 1. The summed E-state index contributed by atoms with van der Waals surface area (Å²) in [5.41, 5.74) is 1.97. The number of ether oxygens (including phenoxy) is 2. The van der Waals surface area contributed by atoms with Gasteiger partial charge in [-0.25, -0.2) is 13.4 Å². The van der Waals surface area contributed by atoms with Gasteiger partial charge in [0.25, 0.3) is 5.91 Å². The number of aliphatic hydroxyl groups excluding tert-OH is 1. The molecule has 0 bridgehead atoms. The monoisotopic (exact) mass is 565 g/mol. The van der Waals surface area contributed by atoms with Crippen LogP contribution in [0, 0.1) is 5.92 Å². The number of rotatable bonds is 9. The maximum absolute atomic E-state index is 13.6. The molecule has 0 unspecified atom stereocenters. The van der Waals surface area contributed by atoms with E-state index in [1.807, 2.05) is 49.4 Å². The highest BCUT2D eigenvalue weighted by Crippen LogP contribution is 2.29. The number of sulfonamides is 1. The molecule has 0 aliphatic carbocycles. The van der Waals surface area contributed by atoms with Gasteiger partial charge in [-0.15, -0.1) is 0 Å². The molecule has 10 heteroatoms. The number of aromatic nitrogens is 1. The first-order chi connectivity index (χ1) is 19.1. The number of aliphatic hydroxyl groups is 1. The maximum Gasteiger partial charge on any atom is 0.259 e. The van der Waals surface area contributed by atoms with Crippen molar-refractivity contribution in [3.8, 4) is 11.6 Å². The highest BCUT2D eigenvalue weighted by Gasteiger charge is 2.35. The number of likely N-dealkylation sites (N-methyl/N-ethyl adjacent to an activating group) is 1. The largest absolute Gasteiger partial charge is 0.497 e. The molecular weight excluding hydrogens is 530 g/mol. The molecule has 1 aliphatic heterocycles. The third-order valence-electron chi connectivity index (χ3n) is 7.01. The van der Waals surface area contributed by atoms with Crippen LogP contribution in [0.2, 0.25) is 0 Å². The molecule has 9 nitrogen and oxygen atoms in total. The van der Waals surface area contributed by atoms with Gasteiger partial charge < -0.3 is 19.5 Å². The minimum atomic E-state index is -3.82. The minimum Gasteiger partial charge on any atom is -0.497 e. The summed E-state index contributed by atoms with van der Waals surface area (Å²) >= 11 is 0. The Kier molecular flexibility index (Phi) is 9.24. The molecule has 3 aromatic rings. The predicted octanol–water partition coefficient (Wildman–Crippen LogP) is 3.80. The number of pyridine rings is 1. The van der Waals surface area contributed by atoms with Crippen molar-refractivity contribution in [3.63, 3.8) is 0 Å². The van der Waals surface area contributed by atoms with E-state index in [0.717, 1.165) is 5.56 Å². The Morgan fingerprint density at radius 2 is 1.82 bits per heavy atom. The van der Waals surface area contributed by atoms with E-state index in [1.165, 1.54) is 30.6 Å². The van der Waals surface area contributed by atoms with E-state index in [9.17, 15) is 18.3 Å². The number of amides is 1. The molecule has 0 saturated carbocycles. The number of methoxy groups -OCH3 is 1. The van der Waals surface area contributed by atoms with Crippen LogP contribution in [-0.4, -0.2) is 79.6 Å². The quantitative estimate of drug-likeness (QED) is 0.420. The lowest BCUT2D eigenvalue weighted by Crippen LogP contribution is -2.50. The smallest absolute Gasteiger partial charge is 0.259 e. The van der Waals surface area contributed by atoms with Crippen LogP contribution in [0.5, 0.6) is 11.6 Å². The second kappa shape index (κ2) is 12.6. The first-order valence-corrected chi connectivity index (χ1v) is 14.5. The van der Waals surface area contributed by atoms with Crippen molar-refractivity contribution in [2.75, 3.05) is 33.9 Å². The Bertz CT molecular complexity index is 1440. The van der Waals surface area contributed by atoms with Crippen LogP contribution in [-0.2, 0) is 10.0 Å². The molecule has 212 valence electrons. The van der Waals surface area contributed by atoms with Gasteiger partial charge in [0.15, 0.2) is 0 Å². The topological polar surface area (TPSA) is 109 Å². The lowest BCUT2D eigenvalue weighted by Gasteiger charge is -2.37. The SMILES string of the molecule is COc1ccc(S(=O)(=O)N(C)C[C@H]2Oc3ncc(C=Cc4ccccc4)cc3C(=O)N([C@H](C)CO)C[C@@H]2C)cc1. The third kappa shape index (κ3) is 6.52. The molecule has 0 spiro atoms. The van der Waals surface area contributed by atoms with Crippen molar-refractivity contribution in [1.82, 2.24) is 14.2 Å². The summed E-state index contributed by atoms with van der Waals surface area (Å²) in [5.74, 6) is 0.119. The zero-order valence-electron chi connectivity index (χ0n) is 23.1. The molecule has 3 atom stereocenters. The summed E-state index contributed by atoms with van der Waals surface area (Å²) in [6.45, 7) is 3.75. The second-order valence-electron chi connectivity index (χ2n) is 9.95. The van der Waals surface area contributed by atoms with Gasteiger partial charge in [-0.1, -0.05) is 49.4 Å². The fourth-order valence-electron chi connectivity index (χ4n) is 4.46. The van der Waals surface area contributed by atoms with Gasteiger partial charge >= 0.3 is 0 Å². The Hall–Kier alpha value is -3.73. The van der Waals surface area contributed by atoms with Gasteiger partial charge in [0.05, 0.1) is 31.2 Å². The van der Waals surface area contributed by atoms with E-state index in [2.05, 4.69) is 4.98 Å². The Morgan fingerprint density at radius 1 is 1.15 bits per heavy atom. The zero-order valence-corrected chi connectivity index (χ0v) is 23.9. The molecule has 0 radical (unpaired) electrons. The molecule has 1 aliphatic rings. The zero-order chi connectivity index (χ0) is 28.9. The van der Waals surface area contributed by atoms with Crippen LogP contribution in [0.25, 0.3) is 12.2 Å². The van der Waals surface area contributed by atoms with Crippen molar-refractivity contribution in [2.45, 2.75) is 30.9 Å². The summed E-state index contributed by atoms with van der Waals surface area (Å²) < 4.78 is 39.3. The second-order valence-corrected chi connectivity index (χ2v) is 12.0. The van der Waals surface area contributed by atoms with Gasteiger partial charge in [0.2, 0.25) is 15.9 Å². The summed E-state index contributed by atoms with van der Waals surface area (Å²) in [6, 6.07) is 17.2. The molecular formula is C30H35N3O6S. The molecule has 4 rings (SSSR count). The molecule has 0 saturated heterocycles. The van der Waals surface area contributed by atoms with Gasteiger partial charge in [0.1, 0.15) is 17.4 Å². The highest BCUT2D eigenvalue weighted by molar-refractivity contribution is 7.89. The Labute approximate surface area is 235 Å². The first-order valence-electron chi connectivity index (χ1n) is 13.1. The van der Waals surface area contributed by atoms with E-state index >= 15 is 0 Å². The van der Waals surface area contributed by atoms with E-state index in [4.69, 9.17) is 9.47 Å². The lowest BCUT2D eigenvalue weighted by atomic mass is 10.00. The van der Waals surface area contributed by atoms with Crippen molar-refractivity contribution < 1.29 is 27.8 Å². The van der Waals surface area contributed by atoms with Gasteiger partial charge in [-0.05, 0) is 48.4 Å². The van der Waals surface area contributed by atoms with E-state index < -0.39 is 22.2 Å².